The van der Waals surface area contributed by atoms with Gasteiger partial charge in [-0.1, -0.05) is 0 Å². The minimum absolute atomic E-state index is 0.0739. The molecule has 1 fully saturated rings. The van der Waals surface area contributed by atoms with Gasteiger partial charge in [0.15, 0.2) is 11.5 Å². The van der Waals surface area contributed by atoms with E-state index in [4.69, 9.17) is 10.2 Å². The number of hydrogen-bond donors (Lipinski definition) is 1. The number of oxazole rings is 1. The number of primary amides is 1. The van der Waals surface area contributed by atoms with Gasteiger partial charge in [-0.15, -0.1) is 0 Å². The van der Waals surface area contributed by atoms with Gasteiger partial charge in [0.1, 0.15) is 5.52 Å². The summed E-state index contributed by atoms with van der Waals surface area (Å²) in [5.74, 6) is -3.26. The van der Waals surface area contributed by atoms with Crippen LogP contribution in [0.5, 0.6) is 0 Å². The maximum Gasteiger partial charge on any atom is 0.248 e. The number of carbonyl (C=O) groups excluding carboxylic acids is 1. The highest BCUT2D eigenvalue weighted by Gasteiger charge is 2.38. The summed E-state index contributed by atoms with van der Waals surface area (Å²) in [5.41, 5.74) is 6.47. The van der Waals surface area contributed by atoms with Gasteiger partial charge < -0.3 is 10.2 Å². The smallest absolute Gasteiger partial charge is 0.248 e. The van der Waals surface area contributed by atoms with Gasteiger partial charge in [0.05, 0.1) is 0 Å². The Morgan fingerprint density at radius 2 is 2.25 bits per heavy atom. The fourth-order valence-electron chi connectivity index (χ4n) is 2.65. The lowest BCUT2D eigenvalue weighted by Crippen LogP contribution is -2.25. The summed E-state index contributed by atoms with van der Waals surface area (Å²) in [4.78, 5) is 15.3. The molecule has 1 aliphatic rings. The number of benzene rings is 1. The largest absolute Gasteiger partial charge is 0.440 e. The monoisotopic (exact) mass is 280 g/mol. The van der Waals surface area contributed by atoms with Crippen molar-refractivity contribution in [3.63, 3.8) is 0 Å². The topological polar surface area (TPSA) is 69.1 Å². The average Bonchev–Trinajstić information content (AvgIpc) is 2.80. The van der Waals surface area contributed by atoms with E-state index < -0.39 is 11.8 Å². The third-order valence-corrected chi connectivity index (χ3v) is 3.68. The van der Waals surface area contributed by atoms with E-state index in [0.717, 1.165) is 0 Å². The Balaban J connectivity index is 1.94. The van der Waals surface area contributed by atoms with Crippen LogP contribution >= 0.6 is 0 Å². The zero-order valence-electron chi connectivity index (χ0n) is 10.7. The molecule has 4 nitrogen and oxygen atoms in total. The molecule has 2 aromatic rings. The molecule has 0 aliphatic heterocycles. The van der Waals surface area contributed by atoms with E-state index in [2.05, 4.69) is 4.98 Å². The minimum atomic E-state index is -2.65. The third kappa shape index (κ3) is 2.37. The molecular weight excluding hydrogens is 266 g/mol. The van der Waals surface area contributed by atoms with Crippen LogP contribution < -0.4 is 5.73 Å². The molecule has 0 radical (unpaired) electrons. The van der Waals surface area contributed by atoms with Gasteiger partial charge in [-0.05, 0) is 31.0 Å². The fraction of sp³-hybridized carbons (Fsp3) is 0.429. The Kier molecular flexibility index (Phi) is 2.96. The molecule has 1 aromatic carbocycles. The molecule has 1 amide bonds. The number of amides is 1. The normalized spacial score (nSPS) is 22.0. The standard InChI is InChI=1S/C14H14F2N2O2/c15-14(16)5-1-2-9(7-14)13-18-10-4-3-8(12(17)19)6-11(10)20-13/h3-4,6,9H,1-2,5,7H2,(H2,17,19)/t9-/m0/s1. The highest BCUT2D eigenvalue weighted by Crippen LogP contribution is 2.42. The van der Waals surface area contributed by atoms with Crippen LogP contribution in [0.3, 0.4) is 0 Å². The van der Waals surface area contributed by atoms with Crippen molar-refractivity contribution in [1.29, 1.82) is 0 Å². The highest BCUT2D eigenvalue weighted by molar-refractivity contribution is 5.95. The summed E-state index contributed by atoms with van der Waals surface area (Å²) >= 11 is 0. The fourth-order valence-corrected chi connectivity index (χ4v) is 2.65. The number of nitrogens with two attached hydrogens (primary N) is 1. The van der Waals surface area contributed by atoms with E-state index in [1.165, 1.54) is 6.07 Å². The Morgan fingerprint density at radius 3 is 2.95 bits per heavy atom. The van der Waals surface area contributed by atoms with E-state index in [1.807, 2.05) is 0 Å². The molecule has 0 saturated heterocycles. The Hall–Kier alpha value is -1.98. The number of aromatic nitrogens is 1. The predicted octanol–water partition coefficient (Wildman–Crippen LogP) is 3.22. The van der Waals surface area contributed by atoms with Crippen LogP contribution in [-0.2, 0) is 0 Å². The molecule has 0 spiro atoms. The lowest BCUT2D eigenvalue weighted by molar-refractivity contribution is -0.0434. The molecule has 20 heavy (non-hydrogen) atoms. The van der Waals surface area contributed by atoms with Gasteiger partial charge in [-0.3, -0.25) is 4.79 Å². The molecule has 1 atom stereocenters. The number of hydrogen-bond acceptors (Lipinski definition) is 3. The number of rotatable bonds is 2. The van der Waals surface area contributed by atoms with Crippen molar-refractivity contribution < 1.29 is 18.0 Å². The molecular formula is C14H14F2N2O2. The van der Waals surface area contributed by atoms with Crippen molar-refractivity contribution in [3.05, 3.63) is 29.7 Å². The second kappa shape index (κ2) is 4.54. The number of alkyl halides is 2. The summed E-state index contributed by atoms with van der Waals surface area (Å²) in [6.07, 6.45) is 0.798. The Bertz CT molecular complexity index is 666. The Morgan fingerprint density at radius 1 is 1.45 bits per heavy atom. The highest BCUT2D eigenvalue weighted by atomic mass is 19.3. The van der Waals surface area contributed by atoms with Crippen molar-refractivity contribution in [1.82, 2.24) is 4.98 Å². The van der Waals surface area contributed by atoms with E-state index in [1.54, 1.807) is 12.1 Å². The lowest BCUT2D eigenvalue weighted by Gasteiger charge is -2.26. The Labute approximate surface area is 114 Å². The van der Waals surface area contributed by atoms with Crippen molar-refractivity contribution in [2.75, 3.05) is 0 Å². The van der Waals surface area contributed by atoms with E-state index in [0.29, 0.717) is 35.4 Å². The van der Waals surface area contributed by atoms with Crippen molar-refractivity contribution >= 4 is 17.0 Å². The minimum Gasteiger partial charge on any atom is -0.440 e. The summed E-state index contributed by atoms with van der Waals surface area (Å²) < 4.78 is 32.4. The molecule has 1 aromatic heterocycles. The molecule has 1 saturated carbocycles. The van der Waals surface area contributed by atoms with Gasteiger partial charge in [-0.25, -0.2) is 13.8 Å². The molecule has 106 valence electrons. The van der Waals surface area contributed by atoms with Crippen molar-refractivity contribution in [2.24, 2.45) is 5.73 Å². The summed E-state index contributed by atoms with van der Waals surface area (Å²) in [6, 6.07) is 4.66. The zero-order valence-corrected chi connectivity index (χ0v) is 10.7. The quantitative estimate of drug-likeness (QED) is 0.918. The number of carbonyl (C=O) groups is 1. The maximum absolute atomic E-state index is 13.4. The molecule has 6 heteroatoms. The molecule has 1 aliphatic carbocycles. The molecule has 0 unspecified atom stereocenters. The molecule has 2 N–H and O–H groups in total. The van der Waals surface area contributed by atoms with Gasteiger partial charge in [-0.2, -0.15) is 0 Å². The summed E-state index contributed by atoms with van der Waals surface area (Å²) in [6.45, 7) is 0. The SMILES string of the molecule is NC(=O)c1ccc2nc([C@H]3CCCC(F)(F)C3)oc2c1. The first kappa shape index (κ1) is 13.0. The predicted molar refractivity (Wildman–Crippen MR) is 68.7 cm³/mol. The summed E-state index contributed by atoms with van der Waals surface area (Å²) in [7, 11) is 0. The van der Waals surface area contributed by atoms with Crippen molar-refractivity contribution in [3.8, 4) is 0 Å². The lowest BCUT2D eigenvalue weighted by atomic mass is 9.86. The van der Waals surface area contributed by atoms with Crippen LogP contribution in [0.15, 0.2) is 22.6 Å². The van der Waals surface area contributed by atoms with Gasteiger partial charge >= 0.3 is 0 Å². The average molecular weight is 280 g/mol. The number of halogens is 2. The van der Waals surface area contributed by atoms with Crippen LogP contribution in [-0.4, -0.2) is 16.8 Å². The summed E-state index contributed by atoms with van der Waals surface area (Å²) in [5, 5.41) is 0. The first-order valence-electron chi connectivity index (χ1n) is 6.53. The maximum atomic E-state index is 13.4. The van der Waals surface area contributed by atoms with E-state index in [-0.39, 0.29) is 18.8 Å². The van der Waals surface area contributed by atoms with Gasteiger partial charge in [0.25, 0.3) is 0 Å². The third-order valence-electron chi connectivity index (χ3n) is 3.68. The molecule has 1 heterocycles. The second-order valence-electron chi connectivity index (χ2n) is 5.25. The van der Waals surface area contributed by atoms with Crippen LogP contribution in [0.25, 0.3) is 11.1 Å². The van der Waals surface area contributed by atoms with E-state index in [9.17, 15) is 13.6 Å². The number of nitrogens with zero attached hydrogens (tertiary/aromatic N) is 1. The van der Waals surface area contributed by atoms with Crippen LogP contribution in [0.1, 0.15) is 47.8 Å². The molecule has 0 bridgehead atoms. The van der Waals surface area contributed by atoms with Crippen LogP contribution in [0, 0.1) is 0 Å². The zero-order chi connectivity index (χ0) is 14.3. The van der Waals surface area contributed by atoms with Crippen LogP contribution in [0.4, 0.5) is 8.78 Å². The number of fused-ring (bicyclic) bond motifs is 1. The van der Waals surface area contributed by atoms with Crippen LogP contribution in [0.2, 0.25) is 0 Å². The molecule has 3 rings (SSSR count). The van der Waals surface area contributed by atoms with Crippen molar-refractivity contribution in [2.45, 2.75) is 37.5 Å². The first-order chi connectivity index (χ1) is 9.44. The van der Waals surface area contributed by atoms with E-state index >= 15 is 0 Å². The first-order valence-corrected chi connectivity index (χ1v) is 6.53. The van der Waals surface area contributed by atoms with Gasteiger partial charge in [0, 0.05) is 24.3 Å². The van der Waals surface area contributed by atoms with Gasteiger partial charge in [0.2, 0.25) is 11.8 Å². The second-order valence-corrected chi connectivity index (χ2v) is 5.25.